The van der Waals surface area contributed by atoms with Crippen molar-refractivity contribution in [2.75, 3.05) is 20.1 Å². The van der Waals surface area contributed by atoms with Gasteiger partial charge in [0.05, 0.1) is 23.0 Å². The van der Waals surface area contributed by atoms with Gasteiger partial charge in [0.25, 0.3) is 5.91 Å². The molecule has 0 bridgehead atoms. The first kappa shape index (κ1) is 21.1. The number of H-pyrrole nitrogens is 1. The van der Waals surface area contributed by atoms with Crippen LogP contribution in [0.1, 0.15) is 72.5 Å². The molecule has 3 aromatic rings. The van der Waals surface area contributed by atoms with E-state index < -0.39 is 0 Å². The second-order valence-corrected chi connectivity index (χ2v) is 9.47. The molecule has 1 atom stereocenters. The van der Waals surface area contributed by atoms with Crippen LogP contribution in [0.25, 0.3) is 10.9 Å². The van der Waals surface area contributed by atoms with Gasteiger partial charge < -0.3 is 4.90 Å². The molecular weight excluding hydrogens is 398 g/mol. The molecule has 32 heavy (non-hydrogen) atoms. The average molecular weight is 432 g/mol. The quantitative estimate of drug-likeness (QED) is 0.634. The smallest absolute Gasteiger partial charge is 0.257 e. The summed E-state index contributed by atoms with van der Waals surface area (Å²) in [5.41, 5.74) is 4.14. The maximum absolute atomic E-state index is 13.3. The van der Waals surface area contributed by atoms with E-state index >= 15 is 0 Å². The summed E-state index contributed by atoms with van der Waals surface area (Å²) >= 11 is 0. The van der Waals surface area contributed by atoms with Crippen LogP contribution in [0.4, 0.5) is 0 Å². The maximum Gasteiger partial charge on any atom is 0.257 e. The summed E-state index contributed by atoms with van der Waals surface area (Å²) in [5, 5.41) is 8.72. The number of likely N-dealkylation sites (tertiary alicyclic amines) is 1. The standard InChI is InChI=1S/C26H33N5O/c1-30(21-9-3-2-4-10-21)26(32)23-16-28-29-25(23)20-8-7-15-31(18-20)17-19-13-14-27-24-12-6-5-11-22(19)24/h5-6,11-14,16,20-21H,2-4,7-10,15,17-18H2,1H3,(H,28,29)/t20-/m1/s1. The highest BCUT2D eigenvalue weighted by atomic mass is 16.2. The van der Waals surface area contributed by atoms with Gasteiger partial charge in [0.1, 0.15) is 0 Å². The lowest BCUT2D eigenvalue weighted by atomic mass is 9.91. The van der Waals surface area contributed by atoms with Crippen molar-refractivity contribution >= 4 is 16.8 Å². The van der Waals surface area contributed by atoms with Gasteiger partial charge in [-0.05, 0) is 49.9 Å². The fourth-order valence-electron chi connectivity index (χ4n) is 5.57. The Kier molecular flexibility index (Phi) is 6.21. The third-order valence-electron chi connectivity index (χ3n) is 7.39. The number of benzene rings is 1. The number of fused-ring (bicyclic) bond motifs is 1. The SMILES string of the molecule is CN(C(=O)c1cn[nH]c1[C@@H]1CCCN(Cc2ccnc3ccccc23)C1)C1CCCCC1. The molecule has 2 aromatic heterocycles. The molecule has 2 aliphatic rings. The van der Waals surface area contributed by atoms with Crippen LogP contribution >= 0.6 is 0 Å². The highest BCUT2D eigenvalue weighted by Gasteiger charge is 2.30. The van der Waals surface area contributed by atoms with Crippen LogP contribution < -0.4 is 0 Å². The molecule has 1 amide bonds. The highest BCUT2D eigenvalue weighted by molar-refractivity contribution is 5.95. The minimum atomic E-state index is 0.123. The van der Waals surface area contributed by atoms with E-state index in [2.05, 4.69) is 44.3 Å². The number of piperidine rings is 1. The van der Waals surface area contributed by atoms with E-state index in [1.807, 2.05) is 24.2 Å². The van der Waals surface area contributed by atoms with E-state index in [0.717, 1.165) is 62.1 Å². The fraction of sp³-hybridized carbons (Fsp3) is 0.500. The van der Waals surface area contributed by atoms with Crippen LogP contribution in [0.15, 0.2) is 42.7 Å². The minimum Gasteiger partial charge on any atom is -0.339 e. The van der Waals surface area contributed by atoms with Crippen LogP contribution in [0.3, 0.4) is 0 Å². The van der Waals surface area contributed by atoms with E-state index in [9.17, 15) is 4.79 Å². The van der Waals surface area contributed by atoms with Crippen LogP contribution in [-0.2, 0) is 6.54 Å². The molecule has 0 unspecified atom stereocenters. The zero-order chi connectivity index (χ0) is 21.9. The van der Waals surface area contributed by atoms with Gasteiger partial charge in [0.2, 0.25) is 0 Å². The van der Waals surface area contributed by atoms with Gasteiger partial charge in [-0.15, -0.1) is 0 Å². The summed E-state index contributed by atoms with van der Waals surface area (Å²) in [5.74, 6) is 0.427. The Hall–Kier alpha value is -2.73. The first-order chi connectivity index (χ1) is 15.7. The van der Waals surface area contributed by atoms with Crippen LogP contribution in [-0.4, -0.2) is 57.1 Å². The Balaban J connectivity index is 1.31. The fourth-order valence-corrected chi connectivity index (χ4v) is 5.57. The first-order valence-corrected chi connectivity index (χ1v) is 12.1. The topological polar surface area (TPSA) is 65.1 Å². The van der Waals surface area contributed by atoms with Crippen LogP contribution in [0.2, 0.25) is 0 Å². The van der Waals surface area contributed by atoms with E-state index in [-0.39, 0.29) is 5.91 Å². The number of aromatic nitrogens is 3. The zero-order valence-corrected chi connectivity index (χ0v) is 19.0. The third kappa shape index (κ3) is 4.29. The number of carbonyl (C=O) groups is 1. The molecule has 1 aromatic carbocycles. The molecular formula is C26H33N5O. The summed E-state index contributed by atoms with van der Waals surface area (Å²) < 4.78 is 0. The molecule has 1 N–H and O–H groups in total. The number of amides is 1. The van der Waals surface area contributed by atoms with Crippen LogP contribution in [0.5, 0.6) is 0 Å². The summed E-state index contributed by atoms with van der Waals surface area (Å²) in [4.78, 5) is 22.3. The molecule has 2 fully saturated rings. The van der Waals surface area contributed by atoms with E-state index in [1.165, 1.54) is 30.2 Å². The Morgan fingerprint density at radius 2 is 1.97 bits per heavy atom. The number of rotatable bonds is 5. The Bertz CT molecular complexity index is 1070. The van der Waals surface area contributed by atoms with E-state index in [0.29, 0.717) is 12.0 Å². The predicted octanol–water partition coefficient (Wildman–Crippen LogP) is 4.74. The van der Waals surface area contributed by atoms with Gasteiger partial charge in [0, 0.05) is 43.7 Å². The number of hydrogen-bond donors (Lipinski definition) is 1. The molecule has 6 nitrogen and oxygen atoms in total. The molecule has 6 heteroatoms. The molecule has 168 valence electrons. The third-order valence-corrected chi connectivity index (χ3v) is 7.39. The van der Waals surface area contributed by atoms with Gasteiger partial charge in [-0.3, -0.25) is 19.8 Å². The van der Waals surface area contributed by atoms with E-state index in [4.69, 9.17) is 0 Å². The monoisotopic (exact) mass is 431 g/mol. The van der Waals surface area contributed by atoms with Gasteiger partial charge in [-0.25, -0.2) is 0 Å². The Morgan fingerprint density at radius 1 is 1.12 bits per heavy atom. The maximum atomic E-state index is 13.3. The van der Waals surface area contributed by atoms with Crippen molar-refractivity contribution in [2.24, 2.45) is 0 Å². The molecule has 1 aliphatic carbocycles. The number of para-hydroxylation sites is 1. The molecule has 1 aliphatic heterocycles. The van der Waals surface area contributed by atoms with Crippen molar-refractivity contribution in [1.29, 1.82) is 0 Å². The van der Waals surface area contributed by atoms with Crippen molar-refractivity contribution < 1.29 is 4.79 Å². The van der Waals surface area contributed by atoms with E-state index in [1.54, 1.807) is 6.20 Å². The largest absolute Gasteiger partial charge is 0.339 e. The number of aromatic amines is 1. The second kappa shape index (κ2) is 9.41. The number of hydrogen-bond acceptors (Lipinski definition) is 4. The second-order valence-electron chi connectivity index (χ2n) is 9.47. The Morgan fingerprint density at radius 3 is 2.84 bits per heavy atom. The molecule has 5 rings (SSSR count). The minimum absolute atomic E-state index is 0.123. The summed E-state index contributed by atoms with van der Waals surface area (Å²) in [7, 11) is 1.97. The Labute approximate surface area is 190 Å². The van der Waals surface area contributed by atoms with Gasteiger partial charge in [-0.1, -0.05) is 37.5 Å². The number of nitrogens with zero attached hydrogens (tertiary/aromatic N) is 4. The molecule has 0 spiro atoms. The molecule has 3 heterocycles. The highest BCUT2D eigenvalue weighted by Crippen LogP contribution is 2.31. The van der Waals surface area contributed by atoms with Crippen molar-refractivity contribution in [3.05, 3.63) is 59.5 Å². The van der Waals surface area contributed by atoms with Crippen molar-refractivity contribution in [1.82, 2.24) is 25.0 Å². The normalized spacial score (nSPS) is 20.5. The number of carbonyl (C=O) groups excluding carboxylic acids is 1. The summed E-state index contributed by atoms with van der Waals surface area (Å²) in [6.45, 7) is 2.91. The average Bonchev–Trinajstić information content (AvgIpc) is 3.34. The first-order valence-electron chi connectivity index (χ1n) is 12.1. The van der Waals surface area contributed by atoms with Gasteiger partial charge in [0.15, 0.2) is 0 Å². The lowest BCUT2D eigenvalue weighted by molar-refractivity contribution is 0.0693. The molecule has 1 saturated carbocycles. The van der Waals surface area contributed by atoms with Gasteiger partial charge in [-0.2, -0.15) is 5.10 Å². The predicted molar refractivity (Wildman–Crippen MR) is 127 cm³/mol. The molecule has 1 saturated heterocycles. The number of pyridine rings is 1. The number of nitrogens with one attached hydrogen (secondary N) is 1. The lowest BCUT2D eigenvalue weighted by Gasteiger charge is -2.34. The summed E-state index contributed by atoms with van der Waals surface area (Å²) in [6, 6.07) is 10.8. The van der Waals surface area contributed by atoms with Gasteiger partial charge >= 0.3 is 0 Å². The van der Waals surface area contributed by atoms with Crippen molar-refractivity contribution in [2.45, 2.75) is 63.5 Å². The lowest BCUT2D eigenvalue weighted by Crippen LogP contribution is -2.39. The summed E-state index contributed by atoms with van der Waals surface area (Å²) in [6.07, 6.45) is 11.8. The molecule has 0 radical (unpaired) electrons. The zero-order valence-electron chi connectivity index (χ0n) is 19.0. The van der Waals surface area contributed by atoms with Crippen molar-refractivity contribution in [3.8, 4) is 0 Å². The van der Waals surface area contributed by atoms with Crippen LogP contribution in [0, 0.1) is 0 Å². The van der Waals surface area contributed by atoms with Crippen molar-refractivity contribution in [3.63, 3.8) is 0 Å².